The van der Waals surface area contributed by atoms with Crippen molar-refractivity contribution in [3.8, 4) is 0 Å². The van der Waals surface area contributed by atoms with Crippen LogP contribution in [0.2, 0.25) is 0 Å². The maximum atomic E-state index is 9.70. The number of aryl methyl sites for hydroxylation is 3. The predicted octanol–water partition coefficient (Wildman–Crippen LogP) is 4.01. The van der Waals surface area contributed by atoms with Gasteiger partial charge < -0.3 is 5.11 Å². The van der Waals surface area contributed by atoms with Gasteiger partial charge >= 0.3 is 0 Å². The van der Waals surface area contributed by atoms with Crippen LogP contribution < -0.4 is 0 Å². The van der Waals surface area contributed by atoms with Crippen molar-refractivity contribution in [3.63, 3.8) is 0 Å². The van der Waals surface area contributed by atoms with E-state index >= 15 is 0 Å². The summed E-state index contributed by atoms with van der Waals surface area (Å²) in [5.74, 6) is 0.289. The topological polar surface area (TPSA) is 20.2 Å². The summed E-state index contributed by atoms with van der Waals surface area (Å²) in [4.78, 5) is 0. The molecular weight excluding hydrogens is 244 g/mol. The molecule has 2 aromatic carbocycles. The molecule has 2 aromatic rings. The maximum absolute atomic E-state index is 9.70. The summed E-state index contributed by atoms with van der Waals surface area (Å²) in [5.41, 5.74) is 6.62. The lowest BCUT2D eigenvalue weighted by Gasteiger charge is -2.17. The van der Waals surface area contributed by atoms with E-state index in [1.165, 1.54) is 27.8 Å². The van der Waals surface area contributed by atoms with Crippen LogP contribution in [0.25, 0.3) is 0 Å². The second-order valence-corrected chi connectivity index (χ2v) is 5.81. The fraction of sp³-hybridized carbons (Fsp3) is 0.368. The summed E-state index contributed by atoms with van der Waals surface area (Å²) in [6.45, 7) is 6.65. The van der Waals surface area contributed by atoms with Gasteiger partial charge in [0.05, 0.1) is 0 Å². The second kappa shape index (κ2) is 6.71. The molecule has 1 unspecified atom stereocenters. The molecule has 1 atom stereocenters. The number of benzene rings is 2. The number of rotatable bonds is 5. The Balaban J connectivity index is 2.13. The quantitative estimate of drug-likeness (QED) is 0.869. The largest absolute Gasteiger partial charge is 0.396 e. The Morgan fingerprint density at radius 1 is 0.850 bits per heavy atom. The lowest BCUT2D eigenvalue weighted by molar-refractivity contribution is 0.224. The van der Waals surface area contributed by atoms with Gasteiger partial charge in [0.1, 0.15) is 0 Å². The number of hydrogen-bond donors (Lipinski definition) is 1. The van der Waals surface area contributed by atoms with Crippen molar-refractivity contribution >= 4 is 0 Å². The zero-order chi connectivity index (χ0) is 14.5. The van der Waals surface area contributed by atoms with E-state index in [0.29, 0.717) is 0 Å². The van der Waals surface area contributed by atoms with Gasteiger partial charge in [-0.1, -0.05) is 48.0 Å². The van der Waals surface area contributed by atoms with Crippen LogP contribution >= 0.6 is 0 Å². The molecule has 0 heterocycles. The summed E-state index contributed by atoms with van der Waals surface area (Å²) in [6, 6.07) is 15.0. The van der Waals surface area contributed by atoms with Gasteiger partial charge in [-0.3, -0.25) is 0 Å². The van der Waals surface area contributed by atoms with Crippen LogP contribution in [-0.4, -0.2) is 11.7 Å². The molecule has 0 saturated heterocycles. The predicted molar refractivity (Wildman–Crippen MR) is 85.1 cm³/mol. The highest BCUT2D eigenvalue weighted by atomic mass is 16.3. The third-order valence-corrected chi connectivity index (χ3v) is 4.04. The van der Waals surface area contributed by atoms with Crippen LogP contribution in [0.4, 0.5) is 0 Å². The lowest BCUT2D eigenvalue weighted by Crippen LogP contribution is -2.14. The third kappa shape index (κ3) is 3.71. The summed E-state index contributed by atoms with van der Waals surface area (Å²) < 4.78 is 0. The van der Waals surface area contributed by atoms with Crippen molar-refractivity contribution in [1.82, 2.24) is 0 Å². The normalized spacial score (nSPS) is 12.4. The Morgan fingerprint density at radius 2 is 1.50 bits per heavy atom. The van der Waals surface area contributed by atoms with Crippen molar-refractivity contribution < 1.29 is 5.11 Å². The Hall–Kier alpha value is -1.60. The molecule has 20 heavy (non-hydrogen) atoms. The van der Waals surface area contributed by atoms with E-state index in [2.05, 4.69) is 63.2 Å². The van der Waals surface area contributed by atoms with E-state index in [9.17, 15) is 5.11 Å². The molecule has 0 saturated carbocycles. The molecule has 1 heteroatoms. The fourth-order valence-electron chi connectivity index (χ4n) is 2.68. The van der Waals surface area contributed by atoms with Gasteiger partial charge in [-0.2, -0.15) is 0 Å². The molecule has 0 amide bonds. The van der Waals surface area contributed by atoms with Crippen LogP contribution in [0.15, 0.2) is 42.5 Å². The first-order chi connectivity index (χ1) is 9.60. The highest BCUT2D eigenvalue weighted by Crippen LogP contribution is 2.20. The van der Waals surface area contributed by atoms with Gasteiger partial charge in [-0.15, -0.1) is 0 Å². The van der Waals surface area contributed by atoms with Crippen LogP contribution in [0.3, 0.4) is 0 Å². The minimum Gasteiger partial charge on any atom is -0.396 e. The Bertz CT molecular complexity index is 572. The highest BCUT2D eigenvalue weighted by molar-refractivity contribution is 5.31. The molecule has 0 aliphatic heterocycles. The van der Waals surface area contributed by atoms with Crippen LogP contribution in [0, 0.1) is 26.7 Å². The third-order valence-electron chi connectivity index (χ3n) is 4.04. The highest BCUT2D eigenvalue weighted by Gasteiger charge is 2.12. The summed E-state index contributed by atoms with van der Waals surface area (Å²) in [6.07, 6.45) is 1.88. The SMILES string of the molecule is Cc1ccc(C)c(CC(CO)Cc2ccccc2C)c1. The Kier molecular flexibility index (Phi) is 4.97. The average Bonchev–Trinajstić information content (AvgIpc) is 2.44. The smallest absolute Gasteiger partial charge is 0.0465 e. The van der Waals surface area contributed by atoms with Crippen molar-refractivity contribution in [2.24, 2.45) is 5.92 Å². The molecule has 0 fully saturated rings. The molecule has 0 aliphatic rings. The van der Waals surface area contributed by atoms with Crippen molar-refractivity contribution in [3.05, 3.63) is 70.3 Å². The molecule has 2 rings (SSSR count). The molecule has 0 bridgehead atoms. The van der Waals surface area contributed by atoms with E-state index in [4.69, 9.17) is 0 Å². The number of aliphatic hydroxyl groups excluding tert-OH is 1. The van der Waals surface area contributed by atoms with Gasteiger partial charge in [-0.25, -0.2) is 0 Å². The standard InChI is InChI=1S/C19H24O/c1-14-8-9-16(3)19(10-14)12-17(13-20)11-18-7-5-4-6-15(18)2/h4-10,17,20H,11-13H2,1-3H3. The van der Waals surface area contributed by atoms with E-state index in [1.807, 2.05) is 0 Å². The molecular formula is C19H24O. The molecule has 0 aromatic heterocycles. The molecule has 1 nitrogen and oxygen atoms in total. The molecule has 106 valence electrons. The number of aliphatic hydroxyl groups is 1. The minimum atomic E-state index is 0.238. The number of hydrogen-bond acceptors (Lipinski definition) is 1. The van der Waals surface area contributed by atoms with Gasteiger partial charge in [0.25, 0.3) is 0 Å². The molecule has 0 aliphatic carbocycles. The molecule has 1 N–H and O–H groups in total. The van der Waals surface area contributed by atoms with Crippen molar-refractivity contribution in [2.45, 2.75) is 33.6 Å². The molecule has 0 radical (unpaired) electrons. The van der Waals surface area contributed by atoms with Crippen molar-refractivity contribution in [2.75, 3.05) is 6.61 Å². The van der Waals surface area contributed by atoms with Crippen LogP contribution in [-0.2, 0) is 12.8 Å². The lowest BCUT2D eigenvalue weighted by atomic mass is 9.89. The zero-order valence-corrected chi connectivity index (χ0v) is 12.7. The van der Waals surface area contributed by atoms with Crippen LogP contribution in [0.1, 0.15) is 27.8 Å². The minimum absolute atomic E-state index is 0.238. The molecule has 0 spiro atoms. The van der Waals surface area contributed by atoms with E-state index in [1.54, 1.807) is 0 Å². The summed E-state index contributed by atoms with van der Waals surface area (Å²) >= 11 is 0. The second-order valence-electron chi connectivity index (χ2n) is 5.81. The van der Waals surface area contributed by atoms with Gasteiger partial charge in [-0.05, 0) is 61.8 Å². The first kappa shape index (κ1) is 14.8. The Morgan fingerprint density at radius 3 is 2.20 bits per heavy atom. The van der Waals surface area contributed by atoms with Gasteiger partial charge in [0.2, 0.25) is 0 Å². The average molecular weight is 268 g/mol. The summed E-state index contributed by atoms with van der Waals surface area (Å²) in [5, 5.41) is 9.70. The fourth-order valence-corrected chi connectivity index (χ4v) is 2.68. The first-order valence-electron chi connectivity index (χ1n) is 7.31. The Labute approximate surface area is 122 Å². The zero-order valence-electron chi connectivity index (χ0n) is 12.7. The monoisotopic (exact) mass is 268 g/mol. The first-order valence-corrected chi connectivity index (χ1v) is 7.31. The van der Waals surface area contributed by atoms with Crippen LogP contribution in [0.5, 0.6) is 0 Å². The van der Waals surface area contributed by atoms with Crippen molar-refractivity contribution in [1.29, 1.82) is 0 Å². The van der Waals surface area contributed by atoms with Gasteiger partial charge in [0.15, 0.2) is 0 Å². The maximum Gasteiger partial charge on any atom is 0.0465 e. The van der Waals surface area contributed by atoms with E-state index in [0.717, 1.165) is 12.8 Å². The van der Waals surface area contributed by atoms with Gasteiger partial charge in [0, 0.05) is 6.61 Å². The summed E-state index contributed by atoms with van der Waals surface area (Å²) in [7, 11) is 0. The van der Waals surface area contributed by atoms with E-state index < -0.39 is 0 Å². The van der Waals surface area contributed by atoms with E-state index in [-0.39, 0.29) is 12.5 Å².